The summed E-state index contributed by atoms with van der Waals surface area (Å²) in [6.45, 7) is 0.458. The van der Waals surface area contributed by atoms with Gasteiger partial charge in [-0.2, -0.15) is 0 Å². The highest BCUT2D eigenvalue weighted by Crippen LogP contribution is 2.22. The van der Waals surface area contributed by atoms with E-state index in [1.54, 1.807) is 41.5 Å². The zero-order valence-corrected chi connectivity index (χ0v) is 14.7. The molecule has 0 aliphatic heterocycles. The molecule has 1 aromatic heterocycles. The van der Waals surface area contributed by atoms with Gasteiger partial charge in [0.1, 0.15) is 11.5 Å². The van der Waals surface area contributed by atoms with Crippen molar-refractivity contribution in [3.63, 3.8) is 0 Å². The third-order valence-corrected chi connectivity index (χ3v) is 4.27. The molecule has 1 aromatic carbocycles. The number of carbonyl (C=O) groups excluding carboxylic acids is 2. The Bertz CT molecular complexity index is 678. The quantitative estimate of drug-likeness (QED) is 0.832. The van der Waals surface area contributed by atoms with Gasteiger partial charge in [-0.05, 0) is 23.6 Å². The fraction of sp³-hybridized carbons (Fsp3) is 0.294. The van der Waals surface area contributed by atoms with Crippen molar-refractivity contribution in [3.05, 3.63) is 46.2 Å². The Balaban J connectivity index is 1.93. The molecule has 2 amide bonds. The highest BCUT2D eigenvalue weighted by molar-refractivity contribution is 7.09. The summed E-state index contributed by atoms with van der Waals surface area (Å²) in [7, 11) is 4.74. The molecule has 0 radical (unpaired) electrons. The third kappa shape index (κ3) is 4.73. The van der Waals surface area contributed by atoms with Crippen LogP contribution in [-0.4, -0.2) is 44.5 Å². The maximum atomic E-state index is 12.2. The molecular formula is C17H20N2O4S. The predicted molar refractivity (Wildman–Crippen MR) is 92.7 cm³/mol. The number of hydrogen-bond acceptors (Lipinski definition) is 5. The van der Waals surface area contributed by atoms with Gasteiger partial charge in [-0.25, -0.2) is 0 Å². The largest absolute Gasteiger partial charge is 0.497 e. The van der Waals surface area contributed by atoms with Gasteiger partial charge < -0.3 is 19.7 Å². The summed E-state index contributed by atoms with van der Waals surface area (Å²) in [5.41, 5.74) is 0.375. The van der Waals surface area contributed by atoms with Gasteiger partial charge in [0.15, 0.2) is 0 Å². The van der Waals surface area contributed by atoms with E-state index >= 15 is 0 Å². The number of hydrogen-bond donors (Lipinski definition) is 1. The number of likely N-dealkylation sites (N-methyl/N-ethyl adjacent to an activating group) is 1. The number of nitrogens with zero attached hydrogens (tertiary/aromatic N) is 1. The number of benzene rings is 1. The SMILES string of the molecule is COc1cc(OC)cc(C(=O)NCC(=O)N(C)Cc2cccs2)c1. The van der Waals surface area contributed by atoms with Gasteiger partial charge in [-0.15, -0.1) is 11.3 Å². The van der Waals surface area contributed by atoms with Crippen LogP contribution < -0.4 is 14.8 Å². The molecule has 7 heteroatoms. The third-order valence-electron chi connectivity index (χ3n) is 3.41. The van der Waals surface area contributed by atoms with Crippen molar-refractivity contribution in [3.8, 4) is 11.5 Å². The Morgan fingerprint density at radius 2 is 1.83 bits per heavy atom. The van der Waals surface area contributed by atoms with Gasteiger partial charge in [-0.3, -0.25) is 9.59 Å². The Hall–Kier alpha value is -2.54. The summed E-state index contributed by atoms with van der Waals surface area (Å²) >= 11 is 1.59. The van der Waals surface area contributed by atoms with Gasteiger partial charge >= 0.3 is 0 Å². The average molecular weight is 348 g/mol. The lowest BCUT2D eigenvalue weighted by molar-refractivity contribution is -0.129. The monoisotopic (exact) mass is 348 g/mol. The number of rotatable bonds is 7. The van der Waals surface area contributed by atoms with Crippen LogP contribution >= 0.6 is 11.3 Å². The summed E-state index contributed by atoms with van der Waals surface area (Å²) < 4.78 is 10.3. The first-order valence-corrected chi connectivity index (χ1v) is 8.19. The molecule has 0 aliphatic rings. The van der Waals surface area contributed by atoms with Crippen molar-refractivity contribution >= 4 is 23.2 Å². The summed E-state index contributed by atoms with van der Waals surface area (Å²) in [4.78, 5) is 27.0. The minimum atomic E-state index is -0.356. The lowest BCUT2D eigenvalue weighted by Crippen LogP contribution is -2.37. The van der Waals surface area contributed by atoms with E-state index < -0.39 is 0 Å². The molecule has 0 saturated heterocycles. The zero-order valence-electron chi connectivity index (χ0n) is 13.9. The van der Waals surface area contributed by atoms with E-state index in [1.807, 2.05) is 17.5 Å². The van der Waals surface area contributed by atoms with Crippen LogP contribution in [0.1, 0.15) is 15.2 Å². The van der Waals surface area contributed by atoms with Gasteiger partial charge in [0, 0.05) is 23.6 Å². The highest BCUT2D eigenvalue weighted by atomic mass is 32.1. The first kappa shape index (κ1) is 17.8. The lowest BCUT2D eigenvalue weighted by atomic mass is 10.2. The van der Waals surface area contributed by atoms with Crippen LogP contribution in [0.2, 0.25) is 0 Å². The molecule has 0 bridgehead atoms. The van der Waals surface area contributed by atoms with Crippen molar-refractivity contribution < 1.29 is 19.1 Å². The molecule has 2 rings (SSSR count). The molecule has 24 heavy (non-hydrogen) atoms. The Morgan fingerprint density at radius 3 is 2.38 bits per heavy atom. The van der Waals surface area contributed by atoms with Crippen LogP contribution in [0.25, 0.3) is 0 Å². The van der Waals surface area contributed by atoms with Gasteiger partial charge in [0.25, 0.3) is 5.91 Å². The van der Waals surface area contributed by atoms with Crippen LogP contribution in [-0.2, 0) is 11.3 Å². The molecule has 1 N–H and O–H groups in total. The molecule has 2 aromatic rings. The summed E-state index contributed by atoms with van der Waals surface area (Å²) in [6, 6.07) is 8.78. The molecule has 128 valence electrons. The predicted octanol–water partition coefficient (Wildman–Crippen LogP) is 2.15. The average Bonchev–Trinajstić information content (AvgIpc) is 3.11. The van der Waals surface area contributed by atoms with Crippen molar-refractivity contribution in [1.29, 1.82) is 0 Å². The number of carbonyl (C=O) groups is 2. The van der Waals surface area contributed by atoms with Crippen molar-refractivity contribution in [2.24, 2.45) is 0 Å². The first-order chi connectivity index (χ1) is 11.5. The number of amides is 2. The summed E-state index contributed by atoms with van der Waals surface area (Å²) in [6.07, 6.45) is 0. The fourth-order valence-corrected chi connectivity index (χ4v) is 2.81. The molecule has 0 atom stereocenters. The second-order valence-corrected chi connectivity index (χ2v) is 6.15. The van der Waals surface area contributed by atoms with Crippen LogP contribution in [0, 0.1) is 0 Å². The standard InChI is InChI=1S/C17H20N2O4S/c1-19(11-15-5-4-6-24-15)16(20)10-18-17(21)12-7-13(22-2)9-14(8-12)23-3/h4-9H,10-11H2,1-3H3,(H,18,21). The first-order valence-electron chi connectivity index (χ1n) is 7.31. The second kappa shape index (κ2) is 8.35. The number of nitrogens with one attached hydrogen (secondary N) is 1. The minimum absolute atomic E-state index is 0.0692. The van der Waals surface area contributed by atoms with Crippen LogP contribution in [0.5, 0.6) is 11.5 Å². The Labute approximate surface area is 145 Å². The van der Waals surface area contributed by atoms with E-state index in [4.69, 9.17) is 9.47 Å². The summed E-state index contributed by atoms with van der Waals surface area (Å²) in [5, 5.41) is 4.59. The van der Waals surface area contributed by atoms with E-state index in [1.165, 1.54) is 14.2 Å². The molecule has 0 aliphatic carbocycles. The van der Waals surface area contributed by atoms with E-state index in [2.05, 4.69) is 5.32 Å². The molecular weight excluding hydrogens is 328 g/mol. The van der Waals surface area contributed by atoms with Gasteiger partial charge in [0.05, 0.1) is 27.3 Å². The topological polar surface area (TPSA) is 67.9 Å². The zero-order chi connectivity index (χ0) is 17.5. The van der Waals surface area contributed by atoms with Crippen LogP contribution in [0.4, 0.5) is 0 Å². The maximum Gasteiger partial charge on any atom is 0.251 e. The molecule has 0 saturated carbocycles. The number of methoxy groups -OCH3 is 2. The maximum absolute atomic E-state index is 12.2. The summed E-state index contributed by atoms with van der Waals surface area (Å²) in [5.74, 6) is 0.512. The molecule has 0 unspecified atom stereocenters. The van der Waals surface area contributed by atoms with E-state index in [-0.39, 0.29) is 18.4 Å². The normalized spacial score (nSPS) is 10.1. The van der Waals surface area contributed by atoms with Crippen molar-refractivity contribution in [1.82, 2.24) is 10.2 Å². The molecule has 6 nitrogen and oxygen atoms in total. The number of ether oxygens (including phenoxy) is 2. The van der Waals surface area contributed by atoms with Gasteiger partial charge in [0.2, 0.25) is 5.91 Å². The van der Waals surface area contributed by atoms with E-state index in [9.17, 15) is 9.59 Å². The number of thiophene rings is 1. The Kier molecular flexibility index (Phi) is 6.20. The second-order valence-electron chi connectivity index (χ2n) is 5.11. The van der Waals surface area contributed by atoms with Crippen molar-refractivity contribution in [2.45, 2.75) is 6.54 Å². The molecule has 0 spiro atoms. The van der Waals surface area contributed by atoms with Crippen LogP contribution in [0.15, 0.2) is 35.7 Å². The van der Waals surface area contributed by atoms with E-state index in [0.717, 1.165) is 4.88 Å². The Morgan fingerprint density at radius 1 is 1.17 bits per heavy atom. The lowest BCUT2D eigenvalue weighted by Gasteiger charge is -2.16. The van der Waals surface area contributed by atoms with Crippen LogP contribution in [0.3, 0.4) is 0 Å². The minimum Gasteiger partial charge on any atom is -0.497 e. The molecule has 1 heterocycles. The molecule has 0 fully saturated rings. The smallest absolute Gasteiger partial charge is 0.251 e. The van der Waals surface area contributed by atoms with Crippen molar-refractivity contribution in [2.75, 3.05) is 27.8 Å². The van der Waals surface area contributed by atoms with Gasteiger partial charge in [-0.1, -0.05) is 6.07 Å². The van der Waals surface area contributed by atoms with E-state index in [0.29, 0.717) is 23.6 Å². The fourth-order valence-electron chi connectivity index (χ4n) is 2.06. The highest BCUT2D eigenvalue weighted by Gasteiger charge is 2.14.